The number of hydrogen-bond acceptors (Lipinski definition) is 5. The Morgan fingerprint density at radius 1 is 1.54 bits per heavy atom. The van der Waals surface area contributed by atoms with Crippen LogP contribution in [-0.4, -0.2) is 59.7 Å². The summed E-state index contributed by atoms with van der Waals surface area (Å²) in [4.78, 5) is 12.2. The minimum absolute atomic E-state index is 0.0638. The van der Waals surface area contributed by atoms with Gasteiger partial charge in [0.2, 0.25) is 5.72 Å². The van der Waals surface area contributed by atoms with Crippen LogP contribution in [0.4, 0.5) is 0 Å². The van der Waals surface area contributed by atoms with E-state index in [1.165, 1.54) is 0 Å². The molecule has 0 bridgehead atoms. The number of morpholine rings is 1. The number of rotatable bonds is 3. The lowest BCUT2D eigenvalue weighted by molar-refractivity contribution is -0.161. The summed E-state index contributed by atoms with van der Waals surface area (Å²) in [6.07, 6.45) is 0. The van der Waals surface area contributed by atoms with Gasteiger partial charge >= 0.3 is 5.97 Å². The van der Waals surface area contributed by atoms with Gasteiger partial charge in [-0.3, -0.25) is 10.6 Å². The Labute approximate surface area is 75.9 Å². The Balaban J connectivity index is 2.41. The van der Waals surface area contributed by atoms with E-state index in [2.05, 4.69) is 0 Å². The molecule has 1 aliphatic rings. The van der Waals surface area contributed by atoms with Crippen molar-refractivity contribution in [2.45, 2.75) is 5.72 Å². The second-order valence-corrected chi connectivity index (χ2v) is 3.12. The normalized spacial score (nSPS) is 23.8. The molecule has 0 aliphatic carbocycles. The maximum Gasteiger partial charge on any atom is 0.352 e. The largest absolute Gasteiger partial charge is 0.478 e. The number of aliphatic hydroxyl groups is 1. The topological polar surface area (TPSA) is 96.0 Å². The maximum absolute atomic E-state index is 10.5. The first-order chi connectivity index (χ1) is 6.02. The van der Waals surface area contributed by atoms with Crippen molar-refractivity contribution in [3.05, 3.63) is 0 Å². The van der Waals surface area contributed by atoms with E-state index in [0.717, 1.165) is 0 Å². The molecule has 0 spiro atoms. The second-order valence-electron chi connectivity index (χ2n) is 3.12. The summed E-state index contributed by atoms with van der Waals surface area (Å²) in [5.41, 5.74) is 3.01. The van der Waals surface area contributed by atoms with Crippen LogP contribution in [0.2, 0.25) is 0 Å². The molecule has 1 heterocycles. The average molecular weight is 190 g/mol. The molecule has 0 aromatic carbocycles. The lowest BCUT2D eigenvalue weighted by Gasteiger charge is -2.31. The van der Waals surface area contributed by atoms with Gasteiger partial charge in [-0.15, -0.1) is 0 Å². The first-order valence-corrected chi connectivity index (χ1v) is 4.07. The van der Waals surface area contributed by atoms with Crippen molar-refractivity contribution in [3.8, 4) is 0 Å². The molecule has 0 aromatic heterocycles. The maximum atomic E-state index is 10.5. The molecule has 0 radical (unpaired) electrons. The SMILES string of the molecule is N[C@@](O)(CN1CCOCC1)C(=O)O. The van der Waals surface area contributed by atoms with E-state index in [1.807, 2.05) is 0 Å². The molecule has 0 amide bonds. The van der Waals surface area contributed by atoms with E-state index >= 15 is 0 Å². The van der Waals surface area contributed by atoms with E-state index in [-0.39, 0.29) is 6.54 Å². The number of carboxylic acids is 1. The van der Waals surface area contributed by atoms with Crippen LogP contribution >= 0.6 is 0 Å². The Morgan fingerprint density at radius 3 is 2.54 bits per heavy atom. The van der Waals surface area contributed by atoms with Gasteiger partial charge in [0.1, 0.15) is 0 Å². The van der Waals surface area contributed by atoms with Gasteiger partial charge in [-0.25, -0.2) is 4.79 Å². The van der Waals surface area contributed by atoms with Gasteiger partial charge in [0.25, 0.3) is 0 Å². The van der Waals surface area contributed by atoms with Gasteiger partial charge in [-0.05, 0) is 0 Å². The molecule has 13 heavy (non-hydrogen) atoms. The minimum Gasteiger partial charge on any atom is -0.478 e. The zero-order chi connectivity index (χ0) is 9.90. The number of aliphatic carboxylic acids is 1. The molecular weight excluding hydrogens is 176 g/mol. The summed E-state index contributed by atoms with van der Waals surface area (Å²) in [6, 6.07) is 0. The van der Waals surface area contributed by atoms with Gasteiger partial charge in [-0.2, -0.15) is 0 Å². The predicted molar refractivity (Wildman–Crippen MR) is 44.0 cm³/mol. The van der Waals surface area contributed by atoms with Gasteiger partial charge < -0.3 is 14.9 Å². The summed E-state index contributed by atoms with van der Waals surface area (Å²) in [6.45, 7) is 2.25. The monoisotopic (exact) mass is 190 g/mol. The van der Waals surface area contributed by atoms with Crippen molar-refractivity contribution in [2.24, 2.45) is 5.73 Å². The quantitative estimate of drug-likeness (QED) is 0.448. The smallest absolute Gasteiger partial charge is 0.352 e. The van der Waals surface area contributed by atoms with Crippen LogP contribution < -0.4 is 5.73 Å². The Morgan fingerprint density at radius 2 is 2.08 bits per heavy atom. The van der Waals surface area contributed by atoms with Crippen molar-refractivity contribution < 1.29 is 19.7 Å². The molecule has 0 unspecified atom stereocenters. The highest BCUT2D eigenvalue weighted by atomic mass is 16.5. The van der Waals surface area contributed by atoms with Crippen LogP contribution in [0.5, 0.6) is 0 Å². The first kappa shape index (κ1) is 10.4. The van der Waals surface area contributed by atoms with Crippen LogP contribution in [0.3, 0.4) is 0 Å². The molecule has 1 atom stereocenters. The van der Waals surface area contributed by atoms with E-state index in [1.54, 1.807) is 4.90 Å². The van der Waals surface area contributed by atoms with E-state index < -0.39 is 11.7 Å². The van der Waals surface area contributed by atoms with E-state index in [4.69, 9.17) is 15.6 Å². The van der Waals surface area contributed by atoms with E-state index in [9.17, 15) is 9.90 Å². The van der Waals surface area contributed by atoms with Crippen LogP contribution in [-0.2, 0) is 9.53 Å². The molecule has 0 aromatic rings. The minimum atomic E-state index is -2.16. The summed E-state index contributed by atoms with van der Waals surface area (Å²) in [7, 11) is 0. The van der Waals surface area contributed by atoms with Crippen LogP contribution in [0, 0.1) is 0 Å². The Kier molecular flexibility index (Phi) is 3.21. The summed E-state index contributed by atoms with van der Waals surface area (Å²) >= 11 is 0. The van der Waals surface area contributed by atoms with Gasteiger partial charge in [0, 0.05) is 13.1 Å². The van der Waals surface area contributed by atoms with Crippen molar-refractivity contribution >= 4 is 5.97 Å². The van der Waals surface area contributed by atoms with Crippen molar-refractivity contribution in [1.29, 1.82) is 0 Å². The van der Waals surface area contributed by atoms with Crippen molar-refractivity contribution in [2.75, 3.05) is 32.8 Å². The highest BCUT2D eigenvalue weighted by Crippen LogP contribution is 2.03. The fourth-order valence-electron chi connectivity index (χ4n) is 1.17. The first-order valence-electron chi connectivity index (χ1n) is 4.07. The fraction of sp³-hybridized carbons (Fsp3) is 0.857. The third-order valence-electron chi connectivity index (χ3n) is 1.94. The molecule has 6 heteroatoms. The second kappa shape index (κ2) is 4.01. The number of carbonyl (C=O) groups is 1. The number of nitrogens with zero attached hydrogens (tertiary/aromatic N) is 1. The number of hydrogen-bond donors (Lipinski definition) is 3. The van der Waals surface area contributed by atoms with Crippen LogP contribution in [0.1, 0.15) is 0 Å². The third kappa shape index (κ3) is 2.92. The lowest BCUT2D eigenvalue weighted by Crippen LogP contribution is -2.57. The standard InChI is InChI=1S/C7H14N2O4/c8-7(12,6(10)11)5-9-1-3-13-4-2-9/h12H,1-5,8H2,(H,10,11)/t7-/m1/s1. The van der Waals surface area contributed by atoms with Crippen LogP contribution in [0.25, 0.3) is 0 Å². The number of carboxylic acid groups (broad SMARTS) is 1. The van der Waals surface area contributed by atoms with E-state index in [0.29, 0.717) is 26.3 Å². The molecule has 4 N–H and O–H groups in total. The summed E-state index contributed by atoms with van der Waals surface area (Å²) in [5, 5.41) is 17.8. The third-order valence-corrected chi connectivity index (χ3v) is 1.94. The highest BCUT2D eigenvalue weighted by Gasteiger charge is 2.33. The van der Waals surface area contributed by atoms with Gasteiger partial charge in [-0.1, -0.05) is 0 Å². The molecular formula is C7H14N2O4. The fourth-order valence-corrected chi connectivity index (χ4v) is 1.17. The zero-order valence-corrected chi connectivity index (χ0v) is 7.27. The molecule has 1 rings (SSSR count). The Bertz CT molecular complexity index is 189. The van der Waals surface area contributed by atoms with Crippen molar-refractivity contribution in [1.82, 2.24) is 4.90 Å². The molecule has 6 nitrogen and oxygen atoms in total. The predicted octanol–water partition coefficient (Wildman–Crippen LogP) is -1.95. The molecule has 1 saturated heterocycles. The summed E-state index contributed by atoms with van der Waals surface area (Å²) < 4.78 is 5.06. The zero-order valence-electron chi connectivity index (χ0n) is 7.27. The lowest BCUT2D eigenvalue weighted by atomic mass is 10.2. The number of ether oxygens (including phenoxy) is 1. The van der Waals surface area contributed by atoms with Gasteiger partial charge in [0.15, 0.2) is 0 Å². The molecule has 1 fully saturated rings. The average Bonchev–Trinajstić information content (AvgIpc) is 2.05. The van der Waals surface area contributed by atoms with Gasteiger partial charge in [0.05, 0.1) is 19.8 Å². The highest BCUT2D eigenvalue weighted by molar-refractivity contribution is 5.76. The molecule has 0 saturated carbocycles. The molecule has 1 aliphatic heterocycles. The van der Waals surface area contributed by atoms with Crippen LogP contribution in [0.15, 0.2) is 0 Å². The molecule has 76 valence electrons. The van der Waals surface area contributed by atoms with Crippen molar-refractivity contribution in [3.63, 3.8) is 0 Å². The summed E-state index contributed by atoms with van der Waals surface area (Å²) in [5.74, 6) is -1.40. The Hall–Kier alpha value is -0.690. The number of β-amino-alcohol motifs (C(OH)–C–C–N with tert-alkyl or cyclic N) is 1. The number of nitrogens with two attached hydrogens (primary N) is 1.